The molecule has 0 aliphatic heterocycles. The van der Waals surface area contributed by atoms with Gasteiger partial charge in [0.25, 0.3) is 0 Å². The van der Waals surface area contributed by atoms with Gasteiger partial charge in [0.05, 0.1) is 0 Å². The van der Waals surface area contributed by atoms with Crippen molar-refractivity contribution >= 4 is 23.6 Å². The largest absolute Gasteiger partial charge is 0.352 e. The number of nitrogens with one attached hydrogen (secondary N) is 1. The van der Waals surface area contributed by atoms with Crippen molar-refractivity contribution in [3.05, 3.63) is 52.6 Å². The molecule has 2 nitrogen and oxygen atoms in total. The summed E-state index contributed by atoms with van der Waals surface area (Å²) in [5.74, 6) is -0.0450. The quantitative estimate of drug-likeness (QED) is 0.633. The first-order valence-electron chi connectivity index (χ1n) is 7.13. The molecule has 0 radical (unpaired) electrons. The van der Waals surface area contributed by atoms with Crippen LogP contribution in [0.25, 0.3) is 6.08 Å². The third-order valence-corrected chi connectivity index (χ3v) is 3.68. The maximum absolute atomic E-state index is 11.7. The molecule has 1 aliphatic carbocycles. The van der Waals surface area contributed by atoms with Crippen molar-refractivity contribution in [1.29, 1.82) is 0 Å². The molecule has 2 rings (SSSR count). The van der Waals surface area contributed by atoms with Crippen LogP contribution in [0, 0.1) is 0 Å². The van der Waals surface area contributed by atoms with Crippen molar-refractivity contribution in [2.75, 3.05) is 6.54 Å². The first-order valence-corrected chi connectivity index (χ1v) is 7.51. The Morgan fingerprint density at radius 2 is 2.05 bits per heavy atom. The molecule has 106 valence electrons. The highest BCUT2D eigenvalue weighted by atomic mass is 35.5. The van der Waals surface area contributed by atoms with Crippen LogP contribution in [-0.2, 0) is 4.79 Å². The lowest BCUT2D eigenvalue weighted by Gasteiger charge is -2.12. The number of carbonyl (C=O) groups is 1. The predicted molar refractivity (Wildman–Crippen MR) is 84.7 cm³/mol. The number of rotatable bonds is 5. The third kappa shape index (κ3) is 5.22. The van der Waals surface area contributed by atoms with Gasteiger partial charge in [0.15, 0.2) is 0 Å². The normalized spacial score (nSPS) is 15.2. The Bertz CT molecular complexity index is 502. The molecule has 0 unspecified atom stereocenters. The molecule has 0 atom stereocenters. The first kappa shape index (κ1) is 14.9. The Kier molecular flexibility index (Phi) is 5.87. The summed E-state index contributed by atoms with van der Waals surface area (Å²) in [7, 11) is 0. The van der Waals surface area contributed by atoms with Gasteiger partial charge in [0.1, 0.15) is 0 Å². The number of halogens is 1. The van der Waals surface area contributed by atoms with Crippen molar-refractivity contribution in [3.63, 3.8) is 0 Å². The van der Waals surface area contributed by atoms with E-state index in [1.54, 1.807) is 12.2 Å². The fourth-order valence-corrected chi connectivity index (χ4v) is 2.41. The van der Waals surface area contributed by atoms with E-state index in [1.807, 2.05) is 24.3 Å². The molecule has 0 fully saturated rings. The summed E-state index contributed by atoms with van der Waals surface area (Å²) in [5.41, 5.74) is 2.46. The molecule has 20 heavy (non-hydrogen) atoms. The molecule has 0 bridgehead atoms. The minimum atomic E-state index is -0.0450. The Morgan fingerprint density at radius 1 is 1.25 bits per heavy atom. The van der Waals surface area contributed by atoms with E-state index in [9.17, 15) is 4.79 Å². The topological polar surface area (TPSA) is 29.1 Å². The van der Waals surface area contributed by atoms with Gasteiger partial charge in [-0.15, -0.1) is 0 Å². The molecule has 1 aromatic carbocycles. The lowest BCUT2D eigenvalue weighted by atomic mass is 9.97. The van der Waals surface area contributed by atoms with Gasteiger partial charge >= 0.3 is 0 Å². The summed E-state index contributed by atoms with van der Waals surface area (Å²) >= 11 is 5.81. The zero-order valence-electron chi connectivity index (χ0n) is 11.6. The van der Waals surface area contributed by atoms with E-state index in [4.69, 9.17) is 11.6 Å². The van der Waals surface area contributed by atoms with Gasteiger partial charge in [0, 0.05) is 17.6 Å². The van der Waals surface area contributed by atoms with E-state index in [0.29, 0.717) is 5.02 Å². The predicted octanol–water partition coefficient (Wildman–Crippen LogP) is 4.36. The fraction of sp³-hybridized carbons (Fsp3) is 0.353. The summed E-state index contributed by atoms with van der Waals surface area (Å²) in [5, 5.41) is 3.62. The van der Waals surface area contributed by atoms with Crippen LogP contribution in [0.1, 0.15) is 37.7 Å². The van der Waals surface area contributed by atoms with Gasteiger partial charge in [-0.2, -0.15) is 0 Å². The van der Waals surface area contributed by atoms with Gasteiger partial charge in [-0.05, 0) is 55.9 Å². The van der Waals surface area contributed by atoms with Crippen LogP contribution in [0.3, 0.4) is 0 Å². The van der Waals surface area contributed by atoms with E-state index in [0.717, 1.165) is 18.5 Å². The van der Waals surface area contributed by atoms with Crippen LogP contribution in [0.2, 0.25) is 5.02 Å². The first-order chi connectivity index (χ1) is 9.74. The van der Waals surface area contributed by atoms with Gasteiger partial charge in [0.2, 0.25) is 5.91 Å². The average molecular weight is 290 g/mol. The van der Waals surface area contributed by atoms with Crippen LogP contribution in [0.15, 0.2) is 42.0 Å². The molecule has 0 aromatic heterocycles. The van der Waals surface area contributed by atoms with E-state index in [2.05, 4.69) is 11.4 Å². The number of benzene rings is 1. The highest BCUT2D eigenvalue weighted by Crippen LogP contribution is 2.19. The lowest BCUT2D eigenvalue weighted by Crippen LogP contribution is -2.22. The second-order valence-electron chi connectivity index (χ2n) is 5.03. The minimum absolute atomic E-state index is 0.0450. The molecule has 1 N–H and O–H groups in total. The zero-order valence-corrected chi connectivity index (χ0v) is 12.3. The second kappa shape index (κ2) is 7.91. The fourth-order valence-electron chi connectivity index (χ4n) is 2.28. The van der Waals surface area contributed by atoms with Crippen molar-refractivity contribution in [1.82, 2.24) is 5.32 Å². The summed E-state index contributed by atoms with van der Waals surface area (Å²) in [4.78, 5) is 11.7. The van der Waals surface area contributed by atoms with Crippen LogP contribution in [0.5, 0.6) is 0 Å². The third-order valence-electron chi connectivity index (χ3n) is 3.43. The molecule has 0 saturated heterocycles. The lowest BCUT2D eigenvalue weighted by molar-refractivity contribution is -0.116. The summed E-state index contributed by atoms with van der Waals surface area (Å²) in [6.07, 6.45) is 11.6. The van der Waals surface area contributed by atoms with Crippen LogP contribution in [0.4, 0.5) is 0 Å². The van der Waals surface area contributed by atoms with Gasteiger partial charge in [-0.25, -0.2) is 0 Å². The van der Waals surface area contributed by atoms with Crippen LogP contribution >= 0.6 is 11.6 Å². The highest BCUT2D eigenvalue weighted by Gasteiger charge is 2.03. The van der Waals surface area contributed by atoms with Gasteiger partial charge in [-0.3, -0.25) is 4.79 Å². The number of allylic oxidation sites excluding steroid dienone is 1. The average Bonchev–Trinajstić information content (AvgIpc) is 2.48. The summed E-state index contributed by atoms with van der Waals surface area (Å²) < 4.78 is 0. The number of hydrogen-bond donors (Lipinski definition) is 1. The highest BCUT2D eigenvalue weighted by molar-refractivity contribution is 6.30. The standard InChI is InChI=1S/C17H20ClNO/c18-16-9-6-15(7-10-16)8-11-17(20)19-13-12-14-4-2-1-3-5-14/h4,6-11H,1-3,5,12-13H2,(H,19,20). The monoisotopic (exact) mass is 289 g/mol. The number of carbonyl (C=O) groups excluding carboxylic acids is 1. The van der Waals surface area contributed by atoms with Crippen molar-refractivity contribution in [3.8, 4) is 0 Å². The molecule has 1 amide bonds. The molecule has 0 saturated carbocycles. The minimum Gasteiger partial charge on any atom is -0.352 e. The van der Waals surface area contributed by atoms with Crippen LogP contribution in [-0.4, -0.2) is 12.5 Å². The maximum Gasteiger partial charge on any atom is 0.244 e. The molecular formula is C17H20ClNO. The van der Waals surface area contributed by atoms with E-state index < -0.39 is 0 Å². The molecule has 1 aromatic rings. The van der Waals surface area contributed by atoms with Crippen molar-refractivity contribution in [2.45, 2.75) is 32.1 Å². The molecule has 3 heteroatoms. The van der Waals surface area contributed by atoms with E-state index in [-0.39, 0.29) is 5.91 Å². The van der Waals surface area contributed by atoms with Crippen LogP contribution < -0.4 is 5.32 Å². The van der Waals surface area contributed by atoms with Crippen molar-refractivity contribution < 1.29 is 4.79 Å². The van der Waals surface area contributed by atoms with Gasteiger partial charge < -0.3 is 5.32 Å². The second-order valence-corrected chi connectivity index (χ2v) is 5.47. The Labute approximate surface area is 125 Å². The molecule has 0 heterocycles. The Hall–Kier alpha value is -1.54. The molecule has 0 spiro atoms. The zero-order chi connectivity index (χ0) is 14.2. The van der Waals surface area contributed by atoms with E-state index >= 15 is 0 Å². The summed E-state index contributed by atoms with van der Waals surface area (Å²) in [6.45, 7) is 0.718. The summed E-state index contributed by atoms with van der Waals surface area (Å²) in [6, 6.07) is 7.40. The Balaban J connectivity index is 1.72. The van der Waals surface area contributed by atoms with Gasteiger partial charge in [-0.1, -0.05) is 35.4 Å². The smallest absolute Gasteiger partial charge is 0.244 e. The molecular weight excluding hydrogens is 270 g/mol. The number of hydrogen-bond acceptors (Lipinski definition) is 1. The SMILES string of the molecule is O=C(C=Cc1ccc(Cl)cc1)NCCC1=CCCCC1. The Morgan fingerprint density at radius 3 is 2.75 bits per heavy atom. The number of amides is 1. The molecule has 1 aliphatic rings. The van der Waals surface area contributed by atoms with Crippen molar-refractivity contribution in [2.24, 2.45) is 0 Å². The van der Waals surface area contributed by atoms with E-state index in [1.165, 1.54) is 31.3 Å². The maximum atomic E-state index is 11.7.